The predicted octanol–water partition coefficient (Wildman–Crippen LogP) is 4.19. The van der Waals surface area contributed by atoms with E-state index in [1.165, 1.54) is 18.1 Å². The average Bonchev–Trinajstić information content (AvgIpc) is 3.18. The third kappa shape index (κ3) is 4.13. The van der Waals surface area contributed by atoms with E-state index in [1.54, 1.807) is 35.6 Å². The summed E-state index contributed by atoms with van der Waals surface area (Å²) in [7, 11) is 0. The second-order valence-electron chi connectivity index (χ2n) is 6.12. The summed E-state index contributed by atoms with van der Waals surface area (Å²) in [5.41, 5.74) is 8.17. The van der Waals surface area contributed by atoms with Gasteiger partial charge in [-0.05, 0) is 17.7 Å². The van der Waals surface area contributed by atoms with Crippen molar-refractivity contribution in [1.82, 2.24) is 9.97 Å². The van der Waals surface area contributed by atoms with Gasteiger partial charge < -0.3 is 11.1 Å². The fourth-order valence-electron chi connectivity index (χ4n) is 2.91. The molecule has 0 fully saturated rings. The van der Waals surface area contributed by atoms with Crippen LogP contribution in [0.2, 0.25) is 0 Å². The van der Waals surface area contributed by atoms with Crippen molar-refractivity contribution in [2.45, 2.75) is 5.03 Å². The van der Waals surface area contributed by atoms with Gasteiger partial charge in [0.05, 0.1) is 22.4 Å². The number of aromatic nitrogens is 2. The fraction of sp³-hybridized carbons (Fsp3) is 0.0476. The Bertz CT molecular complexity index is 1190. The Hall–Kier alpha value is -3.23. The van der Waals surface area contributed by atoms with Gasteiger partial charge in [-0.15, -0.1) is 11.3 Å². The highest BCUT2D eigenvalue weighted by Crippen LogP contribution is 2.37. The van der Waals surface area contributed by atoms with E-state index in [9.17, 15) is 9.59 Å². The van der Waals surface area contributed by atoms with Crippen molar-refractivity contribution in [2.75, 3.05) is 11.1 Å². The monoisotopic (exact) mass is 420 g/mol. The number of para-hydroxylation sites is 1. The molecule has 3 N–H and O–H groups in total. The number of rotatable bonds is 6. The minimum absolute atomic E-state index is 0.142. The lowest BCUT2D eigenvalue weighted by Crippen LogP contribution is -2.19. The minimum Gasteiger partial charge on any atom is -0.366 e. The maximum atomic E-state index is 12.5. The summed E-state index contributed by atoms with van der Waals surface area (Å²) in [6, 6.07) is 16.7. The van der Waals surface area contributed by atoms with Crippen LogP contribution >= 0.6 is 23.1 Å². The Morgan fingerprint density at radius 2 is 1.79 bits per heavy atom. The van der Waals surface area contributed by atoms with Crippen LogP contribution in [0.15, 0.2) is 71.3 Å². The summed E-state index contributed by atoms with van der Waals surface area (Å²) in [5.74, 6) is -0.688. The number of carbonyl (C=O) groups is 2. The first-order valence-corrected chi connectivity index (χ1v) is 10.6. The molecule has 2 aromatic carbocycles. The lowest BCUT2D eigenvalue weighted by atomic mass is 10.1. The molecule has 0 saturated carbocycles. The van der Waals surface area contributed by atoms with E-state index in [4.69, 9.17) is 5.73 Å². The summed E-state index contributed by atoms with van der Waals surface area (Å²) in [4.78, 5) is 33.6. The van der Waals surface area contributed by atoms with Crippen LogP contribution < -0.4 is 11.1 Å². The van der Waals surface area contributed by atoms with Crippen molar-refractivity contribution in [2.24, 2.45) is 5.73 Å². The van der Waals surface area contributed by atoms with Gasteiger partial charge in [0.15, 0.2) is 0 Å². The molecule has 0 atom stereocenters. The summed E-state index contributed by atoms with van der Waals surface area (Å²) in [5, 5.41) is 6.49. The smallest absolute Gasteiger partial charge is 0.250 e. The maximum absolute atomic E-state index is 12.5. The van der Waals surface area contributed by atoms with Gasteiger partial charge >= 0.3 is 0 Å². The van der Waals surface area contributed by atoms with Gasteiger partial charge in [0.2, 0.25) is 5.91 Å². The van der Waals surface area contributed by atoms with E-state index in [2.05, 4.69) is 20.7 Å². The molecule has 0 aliphatic heterocycles. The maximum Gasteiger partial charge on any atom is 0.250 e. The number of carbonyl (C=O) groups excluding carboxylic acids is 2. The Morgan fingerprint density at radius 1 is 1.03 bits per heavy atom. The van der Waals surface area contributed by atoms with Gasteiger partial charge in [0.1, 0.15) is 16.2 Å². The Balaban J connectivity index is 1.55. The third-order valence-electron chi connectivity index (χ3n) is 4.23. The minimum atomic E-state index is -0.586. The molecular formula is C21H16N4O2S2. The highest BCUT2D eigenvalue weighted by Gasteiger charge is 2.15. The van der Waals surface area contributed by atoms with Gasteiger partial charge in [-0.1, -0.05) is 54.2 Å². The standard InChI is InChI=1S/C21H16N4O2S2/c22-19(27)14-8-4-5-9-16(14)25-17(26)11-29-21-18-15(13-6-2-1-3-7-13)10-28-20(18)23-12-24-21/h1-10,12H,11H2,(H2,22,27)(H,25,26). The largest absolute Gasteiger partial charge is 0.366 e. The number of hydrogen-bond acceptors (Lipinski definition) is 6. The molecule has 0 unspecified atom stereocenters. The number of nitrogens with one attached hydrogen (secondary N) is 1. The van der Waals surface area contributed by atoms with Crippen LogP contribution in [-0.4, -0.2) is 27.5 Å². The van der Waals surface area contributed by atoms with Crippen LogP contribution in [-0.2, 0) is 4.79 Å². The van der Waals surface area contributed by atoms with Crippen LogP contribution in [0.3, 0.4) is 0 Å². The number of amides is 2. The lowest BCUT2D eigenvalue weighted by Gasteiger charge is -2.09. The molecule has 0 radical (unpaired) electrons. The molecule has 2 amide bonds. The van der Waals surface area contributed by atoms with E-state index < -0.39 is 5.91 Å². The SMILES string of the molecule is NC(=O)c1ccccc1NC(=O)CSc1ncnc2scc(-c3ccccc3)c12. The van der Waals surface area contributed by atoms with Crippen LogP contribution in [0.25, 0.3) is 21.3 Å². The quantitative estimate of drug-likeness (QED) is 0.360. The number of nitrogens with zero attached hydrogens (tertiary/aromatic N) is 2. The van der Waals surface area contributed by atoms with Crippen molar-refractivity contribution < 1.29 is 9.59 Å². The van der Waals surface area contributed by atoms with E-state index in [0.717, 1.165) is 26.4 Å². The molecule has 29 heavy (non-hydrogen) atoms. The van der Waals surface area contributed by atoms with Gasteiger partial charge in [-0.2, -0.15) is 0 Å². The summed E-state index contributed by atoms with van der Waals surface area (Å²) in [6.07, 6.45) is 1.51. The predicted molar refractivity (Wildman–Crippen MR) is 117 cm³/mol. The molecule has 6 nitrogen and oxygen atoms in total. The Kier molecular flexibility index (Phi) is 5.55. The Morgan fingerprint density at radius 3 is 2.59 bits per heavy atom. The number of thiophene rings is 1. The number of fused-ring (bicyclic) bond motifs is 1. The van der Waals surface area contributed by atoms with Crippen LogP contribution in [0, 0.1) is 0 Å². The molecular weight excluding hydrogens is 404 g/mol. The van der Waals surface area contributed by atoms with E-state index >= 15 is 0 Å². The van der Waals surface area contributed by atoms with Gasteiger partial charge in [0.25, 0.3) is 5.91 Å². The normalized spacial score (nSPS) is 10.8. The van der Waals surface area contributed by atoms with Gasteiger partial charge in [0, 0.05) is 10.9 Å². The highest BCUT2D eigenvalue weighted by atomic mass is 32.2. The number of nitrogens with two attached hydrogens (primary N) is 1. The molecule has 0 bridgehead atoms. The molecule has 2 heterocycles. The van der Waals surface area contributed by atoms with Crippen molar-refractivity contribution >= 4 is 50.8 Å². The molecule has 8 heteroatoms. The van der Waals surface area contributed by atoms with E-state index in [1.807, 2.05) is 30.3 Å². The fourth-order valence-corrected chi connectivity index (χ4v) is 4.71. The van der Waals surface area contributed by atoms with E-state index in [0.29, 0.717) is 5.69 Å². The topological polar surface area (TPSA) is 98.0 Å². The molecule has 2 aromatic heterocycles. The zero-order valence-corrected chi connectivity index (χ0v) is 16.8. The van der Waals surface area contributed by atoms with Crippen molar-refractivity contribution in [3.05, 3.63) is 71.9 Å². The van der Waals surface area contributed by atoms with Crippen LogP contribution in [0.5, 0.6) is 0 Å². The first-order chi connectivity index (χ1) is 14.1. The van der Waals surface area contributed by atoms with Gasteiger partial charge in [-0.3, -0.25) is 9.59 Å². The van der Waals surface area contributed by atoms with Crippen molar-refractivity contribution in [3.63, 3.8) is 0 Å². The average molecular weight is 421 g/mol. The number of anilines is 1. The number of hydrogen-bond donors (Lipinski definition) is 2. The van der Waals surface area contributed by atoms with Crippen molar-refractivity contribution in [1.29, 1.82) is 0 Å². The molecule has 0 spiro atoms. The number of benzene rings is 2. The van der Waals surface area contributed by atoms with Crippen molar-refractivity contribution in [3.8, 4) is 11.1 Å². The first kappa shape index (κ1) is 19.1. The summed E-state index contributed by atoms with van der Waals surface area (Å²) >= 11 is 2.88. The molecule has 144 valence electrons. The summed E-state index contributed by atoms with van der Waals surface area (Å²) < 4.78 is 0. The molecule has 0 aliphatic carbocycles. The highest BCUT2D eigenvalue weighted by molar-refractivity contribution is 8.00. The molecule has 0 saturated heterocycles. The zero-order chi connectivity index (χ0) is 20.2. The number of thioether (sulfide) groups is 1. The Labute approximate surface area is 175 Å². The summed E-state index contributed by atoms with van der Waals surface area (Å²) in [6.45, 7) is 0. The number of primary amides is 1. The second kappa shape index (κ2) is 8.42. The first-order valence-electron chi connectivity index (χ1n) is 8.72. The van der Waals surface area contributed by atoms with Gasteiger partial charge in [-0.25, -0.2) is 9.97 Å². The second-order valence-corrected chi connectivity index (χ2v) is 7.94. The molecule has 0 aliphatic rings. The zero-order valence-electron chi connectivity index (χ0n) is 15.2. The van der Waals surface area contributed by atoms with Crippen LogP contribution in [0.4, 0.5) is 5.69 Å². The third-order valence-corrected chi connectivity index (χ3v) is 6.10. The van der Waals surface area contributed by atoms with E-state index in [-0.39, 0.29) is 17.2 Å². The van der Waals surface area contributed by atoms with Crippen LogP contribution in [0.1, 0.15) is 10.4 Å². The molecule has 4 rings (SSSR count). The lowest BCUT2D eigenvalue weighted by molar-refractivity contribution is -0.113. The molecule has 4 aromatic rings.